The summed E-state index contributed by atoms with van der Waals surface area (Å²) in [6.45, 7) is 2.48. The van der Waals surface area contributed by atoms with Crippen LogP contribution in [0.2, 0.25) is 5.02 Å². The molecule has 2 aromatic rings. The fourth-order valence-electron chi connectivity index (χ4n) is 1.59. The van der Waals surface area contributed by atoms with Crippen molar-refractivity contribution >= 4 is 33.2 Å². The molecule has 0 saturated heterocycles. The molecule has 0 saturated carbocycles. The van der Waals surface area contributed by atoms with Crippen LogP contribution in [0.25, 0.3) is 0 Å². The lowest BCUT2D eigenvalue weighted by Gasteiger charge is -2.11. The summed E-state index contributed by atoms with van der Waals surface area (Å²) >= 11 is 9.45. The van der Waals surface area contributed by atoms with Crippen LogP contribution in [0.15, 0.2) is 40.9 Å². The number of nitrogen functional groups attached to an aromatic ring is 1. The average Bonchev–Trinajstić information content (AvgIpc) is 2.32. The minimum Gasteiger partial charge on any atom is -0.494 e. The summed E-state index contributed by atoms with van der Waals surface area (Å²) in [5.41, 5.74) is 6.38. The van der Waals surface area contributed by atoms with E-state index in [4.69, 9.17) is 26.8 Å². The van der Waals surface area contributed by atoms with Gasteiger partial charge in [0.25, 0.3) is 0 Å². The van der Waals surface area contributed by atoms with E-state index in [-0.39, 0.29) is 0 Å². The van der Waals surface area contributed by atoms with E-state index in [1.165, 1.54) is 0 Å². The Hall–Kier alpha value is -1.39. The van der Waals surface area contributed by atoms with E-state index in [1.54, 1.807) is 30.3 Å². The van der Waals surface area contributed by atoms with E-state index in [9.17, 15) is 0 Å². The number of nitrogens with two attached hydrogens (primary N) is 1. The van der Waals surface area contributed by atoms with Crippen molar-refractivity contribution in [2.75, 3.05) is 12.3 Å². The van der Waals surface area contributed by atoms with Crippen LogP contribution in [0.3, 0.4) is 0 Å². The number of anilines is 1. The molecule has 0 bridgehead atoms. The van der Waals surface area contributed by atoms with E-state index in [0.717, 1.165) is 4.47 Å². The topological polar surface area (TPSA) is 44.5 Å². The third-order valence-electron chi connectivity index (χ3n) is 2.34. The average molecular weight is 343 g/mol. The molecule has 5 heteroatoms. The van der Waals surface area contributed by atoms with Crippen molar-refractivity contribution < 1.29 is 9.47 Å². The lowest BCUT2D eigenvalue weighted by Crippen LogP contribution is -1.95. The maximum atomic E-state index is 6.10. The quantitative estimate of drug-likeness (QED) is 0.806. The van der Waals surface area contributed by atoms with Crippen LogP contribution < -0.4 is 15.2 Å². The summed E-state index contributed by atoms with van der Waals surface area (Å²) in [6.07, 6.45) is 0. The van der Waals surface area contributed by atoms with E-state index in [2.05, 4.69) is 15.9 Å². The number of halogens is 2. The minimum absolute atomic E-state index is 0.523. The summed E-state index contributed by atoms with van der Waals surface area (Å²) in [4.78, 5) is 0. The van der Waals surface area contributed by atoms with Gasteiger partial charge in [0, 0.05) is 28.4 Å². The first-order valence-corrected chi connectivity index (χ1v) is 6.92. The molecular formula is C14H13BrClNO2. The summed E-state index contributed by atoms with van der Waals surface area (Å²) in [6, 6.07) is 10.7. The first-order chi connectivity index (χ1) is 9.08. The highest BCUT2D eigenvalue weighted by molar-refractivity contribution is 9.10. The molecule has 0 unspecified atom stereocenters. The first kappa shape index (κ1) is 14.0. The van der Waals surface area contributed by atoms with Crippen LogP contribution in [0.1, 0.15) is 6.92 Å². The Morgan fingerprint density at radius 3 is 2.58 bits per heavy atom. The van der Waals surface area contributed by atoms with Crippen LogP contribution in [0, 0.1) is 0 Å². The molecule has 0 aromatic heterocycles. The predicted molar refractivity (Wildman–Crippen MR) is 81.2 cm³/mol. The lowest BCUT2D eigenvalue weighted by atomic mass is 10.3. The zero-order chi connectivity index (χ0) is 13.8. The highest BCUT2D eigenvalue weighted by Gasteiger charge is 2.06. The van der Waals surface area contributed by atoms with Crippen molar-refractivity contribution in [3.05, 3.63) is 45.9 Å². The van der Waals surface area contributed by atoms with Gasteiger partial charge in [0.05, 0.1) is 11.6 Å². The fraction of sp³-hybridized carbons (Fsp3) is 0.143. The Morgan fingerprint density at radius 2 is 1.89 bits per heavy atom. The van der Waals surface area contributed by atoms with E-state index in [1.807, 2.05) is 13.0 Å². The maximum Gasteiger partial charge on any atom is 0.146 e. The number of benzene rings is 2. The molecule has 0 aliphatic rings. The van der Waals surface area contributed by atoms with Gasteiger partial charge >= 0.3 is 0 Å². The van der Waals surface area contributed by atoms with Gasteiger partial charge in [0.1, 0.15) is 17.2 Å². The molecule has 0 fully saturated rings. The molecular weight excluding hydrogens is 330 g/mol. The number of rotatable bonds is 4. The predicted octanol–water partition coefficient (Wildman–Crippen LogP) is 4.88. The summed E-state index contributed by atoms with van der Waals surface area (Å²) < 4.78 is 12.0. The molecule has 2 N–H and O–H groups in total. The van der Waals surface area contributed by atoms with Crippen molar-refractivity contribution in [3.63, 3.8) is 0 Å². The molecule has 0 heterocycles. The second kappa shape index (κ2) is 6.17. The Kier molecular flexibility index (Phi) is 4.56. The van der Waals surface area contributed by atoms with Gasteiger partial charge in [-0.1, -0.05) is 27.5 Å². The third kappa shape index (κ3) is 3.78. The molecule has 0 aliphatic heterocycles. The van der Waals surface area contributed by atoms with Gasteiger partial charge in [-0.3, -0.25) is 0 Å². The van der Waals surface area contributed by atoms with E-state index in [0.29, 0.717) is 34.6 Å². The van der Waals surface area contributed by atoms with Crippen molar-refractivity contribution in [2.24, 2.45) is 0 Å². The molecule has 3 nitrogen and oxygen atoms in total. The Labute approximate surface area is 125 Å². The molecule has 2 rings (SSSR count). The van der Waals surface area contributed by atoms with Crippen LogP contribution >= 0.6 is 27.5 Å². The van der Waals surface area contributed by atoms with Crippen LogP contribution in [0.4, 0.5) is 5.69 Å². The van der Waals surface area contributed by atoms with Crippen molar-refractivity contribution in [1.82, 2.24) is 0 Å². The minimum atomic E-state index is 0.523. The molecule has 0 aliphatic carbocycles. The van der Waals surface area contributed by atoms with Gasteiger partial charge in [-0.05, 0) is 25.1 Å². The van der Waals surface area contributed by atoms with E-state index < -0.39 is 0 Å². The summed E-state index contributed by atoms with van der Waals surface area (Å²) in [5, 5.41) is 0.523. The van der Waals surface area contributed by atoms with Crippen molar-refractivity contribution in [3.8, 4) is 17.2 Å². The first-order valence-electron chi connectivity index (χ1n) is 5.74. The maximum absolute atomic E-state index is 6.10. The molecule has 0 amide bonds. The number of hydrogen-bond donors (Lipinski definition) is 1. The molecule has 0 spiro atoms. The van der Waals surface area contributed by atoms with Gasteiger partial charge in [0.15, 0.2) is 0 Å². The smallest absolute Gasteiger partial charge is 0.146 e. The Morgan fingerprint density at radius 1 is 1.16 bits per heavy atom. The molecule has 2 aromatic carbocycles. The third-order valence-corrected chi connectivity index (χ3v) is 3.12. The van der Waals surface area contributed by atoms with Crippen molar-refractivity contribution in [2.45, 2.75) is 6.92 Å². The highest BCUT2D eigenvalue weighted by Crippen LogP contribution is 2.34. The summed E-state index contributed by atoms with van der Waals surface area (Å²) in [7, 11) is 0. The number of hydrogen-bond acceptors (Lipinski definition) is 3. The van der Waals surface area contributed by atoms with Gasteiger partial charge in [-0.25, -0.2) is 0 Å². The van der Waals surface area contributed by atoms with Crippen LogP contribution in [0.5, 0.6) is 17.2 Å². The highest BCUT2D eigenvalue weighted by atomic mass is 79.9. The second-order valence-corrected chi connectivity index (χ2v) is 5.17. The van der Waals surface area contributed by atoms with Gasteiger partial charge in [0.2, 0.25) is 0 Å². The zero-order valence-corrected chi connectivity index (χ0v) is 12.7. The van der Waals surface area contributed by atoms with Gasteiger partial charge < -0.3 is 15.2 Å². The second-order valence-electron chi connectivity index (χ2n) is 3.85. The molecule has 19 heavy (non-hydrogen) atoms. The van der Waals surface area contributed by atoms with Gasteiger partial charge in [-0.15, -0.1) is 0 Å². The lowest BCUT2D eigenvalue weighted by molar-refractivity contribution is 0.338. The largest absolute Gasteiger partial charge is 0.494 e. The van der Waals surface area contributed by atoms with Crippen LogP contribution in [-0.2, 0) is 0 Å². The molecule has 0 radical (unpaired) electrons. The Bertz CT molecular complexity index is 590. The molecule has 100 valence electrons. The van der Waals surface area contributed by atoms with Crippen LogP contribution in [-0.4, -0.2) is 6.61 Å². The number of ether oxygens (including phenoxy) is 2. The van der Waals surface area contributed by atoms with Gasteiger partial charge in [-0.2, -0.15) is 0 Å². The molecule has 0 atom stereocenters. The monoisotopic (exact) mass is 341 g/mol. The zero-order valence-electron chi connectivity index (χ0n) is 10.3. The standard InChI is InChI=1S/C14H13BrClNO2/c1-2-18-11-6-10(17)7-12(8-11)19-14-4-3-9(15)5-13(14)16/h3-8H,2,17H2,1H3. The normalized spacial score (nSPS) is 10.3. The fourth-order valence-corrected chi connectivity index (χ4v) is 2.30. The Balaban J connectivity index is 2.27. The SMILES string of the molecule is CCOc1cc(N)cc(Oc2ccc(Br)cc2Cl)c1. The van der Waals surface area contributed by atoms with Crippen molar-refractivity contribution in [1.29, 1.82) is 0 Å². The summed E-state index contributed by atoms with van der Waals surface area (Å²) in [5.74, 6) is 1.83. The van der Waals surface area contributed by atoms with E-state index >= 15 is 0 Å².